The average molecular weight is 399 g/mol. The van der Waals surface area contributed by atoms with Crippen LogP contribution in [0.1, 0.15) is 6.42 Å². The summed E-state index contributed by atoms with van der Waals surface area (Å²) in [6.45, 7) is 1.19. The van der Waals surface area contributed by atoms with Gasteiger partial charge in [-0.05, 0) is 24.3 Å². The second-order valence-corrected chi connectivity index (χ2v) is 7.23. The maximum Gasteiger partial charge on any atom is 0.268 e. The molecule has 1 aliphatic rings. The highest BCUT2D eigenvalue weighted by Crippen LogP contribution is 2.26. The first kappa shape index (κ1) is 17.1. The molecule has 0 spiro atoms. The highest BCUT2D eigenvalue weighted by atomic mass is 16.5. The third-order valence-corrected chi connectivity index (χ3v) is 5.37. The van der Waals surface area contributed by atoms with Crippen LogP contribution in [0, 0.1) is 0 Å². The van der Waals surface area contributed by atoms with Crippen molar-refractivity contribution in [2.45, 2.75) is 12.5 Å². The summed E-state index contributed by atoms with van der Waals surface area (Å²) < 4.78 is 14.9. The summed E-state index contributed by atoms with van der Waals surface area (Å²) in [4.78, 5) is 27.0. The van der Waals surface area contributed by atoms with Gasteiger partial charge in [0.2, 0.25) is 11.8 Å². The molecule has 0 saturated carbocycles. The van der Waals surface area contributed by atoms with Gasteiger partial charge in [-0.2, -0.15) is 4.98 Å². The van der Waals surface area contributed by atoms with Gasteiger partial charge >= 0.3 is 0 Å². The number of ether oxygens (including phenoxy) is 2. The molecule has 0 amide bonds. The van der Waals surface area contributed by atoms with Gasteiger partial charge in [0.05, 0.1) is 41.2 Å². The molecular weight excluding hydrogens is 382 g/mol. The Bertz CT molecular complexity index is 1470. The third-order valence-electron chi connectivity index (χ3n) is 5.37. The van der Waals surface area contributed by atoms with Crippen molar-refractivity contribution in [1.29, 1.82) is 0 Å². The molecule has 0 N–H and O–H groups in total. The zero-order valence-corrected chi connectivity index (χ0v) is 15.9. The highest BCUT2D eigenvalue weighted by Gasteiger charge is 2.21. The van der Waals surface area contributed by atoms with Gasteiger partial charge in [0.15, 0.2) is 0 Å². The molecule has 1 fully saturated rings. The number of benzene rings is 2. The van der Waals surface area contributed by atoms with Crippen LogP contribution in [0.3, 0.4) is 0 Å². The molecule has 0 bridgehead atoms. The Morgan fingerprint density at radius 1 is 1.03 bits per heavy atom. The van der Waals surface area contributed by atoms with Crippen molar-refractivity contribution < 1.29 is 9.47 Å². The van der Waals surface area contributed by atoms with E-state index in [1.807, 2.05) is 46.9 Å². The van der Waals surface area contributed by atoms with Crippen LogP contribution >= 0.6 is 0 Å². The van der Waals surface area contributed by atoms with Gasteiger partial charge in [0.1, 0.15) is 18.1 Å². The number of aromatic nitrogens is 5. The first-order valence-electron chi connectivity index (χ1n) is 9.77. The molecule has 30 heavy (non-hydrogen) atoms. The molecule has 1 saturated heterocycles. The van der Waals surface area contributed by atoms with E-state index in [2.05, 4.69) is 15.0 Å². The summed E-state index contributed by atoms with van der Waals surface area (Å²) in [5.74, 6) is 0.702. The molecule has 5 aromatic rings. The summed E-state index contributed by atoms with van der Waals surface area (Å²) in [6, 6.07) is 15.0. The van der Waals surface area contributed by atoms with Crippen LogP contribution in [-0.2, 0) is 4.74 Å². The lowest BCUT2D eigenvalue weighted by atomic mass is 10.2. The molecule has 6 rings (SSSR count). The molecule has 1 unspecified atom stereocenters. The van der Waals surface area contributed by atoms with E-state index in [1.165, 1.54) is 4.57 Å². The number of para-hydroxylation sites is 2. The van der Waals surface area contributed by atoms with Crippen LogP contribution in [-0.4, -0.2) is 43.2 Å². The zero-order chi connectivity index (χ0) is 20.1. The SMILES string of the molecule is O=c1c2ccccc2n2cncc2n1-c1nc(OC2CCOC2)c2ccccc2n1. The molecule has 8 heteroatoms. The zero-order valence-electron chi connectivity index (χ0n) is 15.9. The summed E-state index contributed by atoms with van der Waals surface area (Å²) >= 11 is 0. The molecule has 0 radical (unpaired) electrons. The molecule has 148 valence electrons. The third kappa shape index (κ3) is 2.57. The van der Waals surface area contributed by atoms with E-state index in [1.54, 1.807) is 18.6 Å². The average Bonchev–Trinajstić information content (AvgIpc) is 3.46. The Morgan fingerprint density at radius 2 is 1.87 bits per heavy atom. The van der Waals surface area contributed by atoms with Gasteiger partial charge in [-0.15, -0.1) is 0 Å². The normalized spacial score (nSPS) is 16.6. The van der Waals surface area contributed by atoms with Crippen LogP contribution in [0.5, 0.6) is 5.88 Å². The molecule has 1 aliphatic heterocycles. The fraction of sp³-hybridized carbons (Fsp3) is 0.182. The lowest BCUT2D eigenvalue weighted by molar-refractivity contribution is 0.139. The molecular formula is C22H17N5O3. The van der Waals surface area contributed by atoms with Crippen LogP contribution < -0.4 is 10.3 Å². The number of fused-ring (bicyclic) bond motifs is 4. The molecule has 1 atom stereocenters. The maximum absolute atomic E-state index is 13.4. The lowest BCUT2D eigenvalue weighted by Gasteiger charge is -2.15. The molecule has 0 aliphatic carbocycles. The van der Waals surface area contributed by atoms with E-state index in [4.69, 9.17) is 9.47 Å². The Labute approximate surface area is 170 Å². The fourth-order valence-corrected chi connectivity index (χ4v) is 3.91. The van der Waals surface area contributed by atoms with Crippen molar-refractivity contribution in [3.05, 3.63) is 71.4 Å². The second kappa shape index (κ2) is 6.64. The summed E-state index contributed by atoms with van der Waals surface area (Å²) in [7, 11) is 0. The van der Waals surface area contributed by atoms with E-state index >= 15 is 0 Å². The lowest BCUT2D eigenvalue weighted by Crippen LogP contribution is -2.24. The summed E-state index contributed by atoms with van der Waals surface area (Å²) in [5, 5.41) is 1.36. The van der Waals surface area contributed by atoms with Crippen LogP contribution in [0.2, 0.25) is 0 Å². The maximum atomic E-state index is 13.4. The first-order valence-corrected chi connectivity index (χ1v) is 9.77. The minimum absolute atomic E-state index is 0.0699. The van der Waals surface area contributed by atoms with Crippen molar-refractivity contribution in [3.8, 4) is 11.8 Å². The fourth-order valence-electron chi connectivity index (χ4n) is 3.91. The van der Waals surface area contributed by atoms with E-state index in [0.717, 1.165) is 17.3 Å². The Hall–Kier alpha value is -3.78. The first-order chi connectivity index (χ1) is 14.8. The largest absolute Gasteiger partial charge is 0.471 e. The minimum atomic E-state index is -0.205. The number of rotatable bonds is 3. The van der Waals surface area contributed by atoms with E-state index in [0.29, 0.717) is 35.6 Å². The molecule has 3 aromatic heterocycles. The Morgan fingerprint density at radius 3 is 2.73 bits per heavy atom. The Kier molecular flexibility index (Phi) is 3.78. The van der Waals surface area contributed by atoms with Gasteiger partial charge in [-0.1, -0.05) is 24.3 Å². The van der Waals surface area contributed by atoms with Crippen LogP contribution in [0.4, 0.5) is 0 Å². The topological polar surface area (TPSA) is 83.5 Å². The predicted molar refractivity (Wildman–Crippen MR) is 111 cm³/mol. The van der Waals surface area contributed by atoms with Gasteiger partial charge in [-0.3, -0.25) is 9.20 Å². The second-order valence-electron chi connectivity index (χ2n) is 7.23. The van der Waals surface area contributed by atoms with Crippen LogP contribution in [0.25, 0.3) is 33.4 Å². The van der Waals surface area contributed by atoms with E-state index in [9.17, 15) is 4.79 Å². The van der Waals surface area contributed by atoms with Gasteiger partial charge in [-0.25, -0.2) is 14.5 Å². The van der Waals surface area contributed by atoms with Crippen molar-refractivity contribution >= 4 is 27.5 Å². The highest BCUT2D eigenvalue weighted by molar-refractivity contribution is 5.85. The minimum Gasteiger partial charge on any atom is -0.471 e. The van der Waals surface area contributed by atoms with Crippen molar-refractivity contribution in [2.24, 2.45) is 0 Å². The smallest absolute Gasteiger partial charge is 0.268 e. The Balaban J connectivity index is 1.65. The van der Waals surface area contributed by atoms with Gasteiger partial charge in [0, 0.05) is 6.42 Å². The predicted octanol–water partition coefficient (Wildman–Crippen LogP) is 2.75. The van der Waals surface area contributed by atoms with Crippen molar-refractivity contribution in [3.63, 3.8) is 0 Å². The van der Waals surface area contributed by atoms with E-state index in [-0.39, 0.29) is 17.6 Å². The van der Waals surface area contributed by atoms with Crippen molar-refractivity contribution in [2.75, 3.05) is 13.2 Å². The van der Waals surface area contributed by atoms with E-state index < -0.39 is 0 Å². The van der Waals surface area contributed by atoms with Gasteiger partial charge < -0.3 is 9.47 Å². The molecule has 4 heterocycles. The number of imidazole rings is 1. The summed E-state index contributed by atoms with van der Waals surface area (Å²) in [6.07, 6.45) is 4.05. The summed E-state index contributed by atoms with van der Waals surface area (Å²) in [5.41, 5.74) is 1.87. The monoisotopic (exact) mass is 399 g/mol. The van der Waals surface area contributed by atoms with Crippen LogP contribution in [0.15, 0.2) is 65.8 Å². The van der Waals surface area contributed by atoms with Gasteiger partial charge in [0.25, 0.3) is 5.56 Å². The number of nitrogens with zero attached hydrogens (tertiary/aromatic N) is 5. The quantitative estimate of drug-likeness (QED) is 0.464. The number of hydrogen-bond donors (Lipinski definition) is 0. The molecule has 2 aromatic carbocycles. The standard InChI is InChI=1S/C22H17N5O3/c28-21-16-6-2-4-8-18(16)26-13-23-11-19(26)27(21)22-24-17-7-3-1-5-15(17)20(25-22)30-14-9-10-29-12-14/h1-8,11,13-14H,9-10,12H2. The van der Waals surface area contributed by atoms with Crippen molar-refractivity contribution in [1.82, 2.24) is 23.9 Å². The number of hydrogen-bond acceptors (Lipinski definition) is 6. The molecule has 8 nitrogen and oxygen atoms in total.